The molecule has 1 heterocycles. The number of rotatable bonds is 5. The molecule has 1 aliphatic heterocycles. The molecule has 7 nitrogen and oxygen atoms in total. The van der Waals surface area contributed by atoms with Crippen molar-refractivity contribution in [2.24, 2.45) is 0 Å². The van der Waals surface area contributed by atoms with Gasteiger partial charge in [-0.1, -0.05) is 23.7 Å². The lowest BCUT2D eigenvalue weighted by atomic mass is 10.1. The van der Waals surface area contributed by atoms with Crippen LogP contribution in [0.1, 0.15) is 39.2 Å². The van der Waals surface area contributed by atoms with Crippen LogP contribution in [-0.2, 0) is 16.1 Å². The monoisotopic (exact) mass is 418 g/mol. The van der Waals surface area contributed by atoms with E-state index in [2.05, 4.69) is 10.6 Å². The zero-order valence-electron chi connectivity index (χ0n) is 17.0. The van der Waals surface area contributed by atoms with Crippen LogP contribution in [0, 0.1) is 11.3 Å². The number of amides is 2. The number of carbonyl (C=O) groups excluding carboxylic acids is 2. The van der Waals surface area contributed by atoms with Crippen LogP contribution in [0.15, 0.2) is 36.0 Å². The topological polar surface area (TPSA) is 94.5 Å². The smallest absolute Gasteiger partial charge is 0.410 e. The van der Waals surface area contributed by atoms with Gasteiger partial charge in [0.05, 0.1) is 0 Å². The fourth-order valence-corrected chi connectivity index (χ4v) is 2.91. The molecule has 2 amide bonds. The van der Waals surface area contributed by atoms with E-state index in [4.69, 9.17) is 16.3 Å². The van der Waals surface area contributed by atoms with Crippen LogP contribution in [0.4, 0.5) is 4.79 Å². The molecule has 0 bridgehead atoms. The molecule has 156 valence electrons. The average molecular weight is 419 g/mol. The van der Waals surface area contributed by atoms with E-state index < -0.39 is 11.5 Å². The Morgan fingerprint density at radius 3 is 2.45 bits per heavy atom. The Balaban J connectivity index is 1.80. The second kappa shape index (κ2) is 10.2. The van der Waals surface area contributed by atoms with Crippen LogP contribution in [0.3, 0.4) is 0 Å². The summed E-state index contributed by atoms with van der Waals surface area (Å²) in [6, 6.07) is 9.12. The number of nitriles is 1. The fourth-order valence-electron chi connectivity index (χ4n) is 2.78. The highest BCUT2D eigenvalue weighted by molar-refractivity contribution is 6.30. The lowest BCUT2D eigenvalue weighted by molar-refractivity contribution is -0.117. The van der Waals surface area contributed by atoms with Gasteiger partial charge in [-0.2, -0.15) is 5.26 Å². The molecule has 0 saturated carbocycles. The molecule has 1 aromatic carbocycles. The molecule has 0 unspecified atom stereocenters. The van der Waals surface area contributed by atoms with Crippen LogP contribution in [-0.4, -0.2) is 41.6 Å². The molecular weight excluding hydrogens is 392 g/mol. The summed E-state index contributed by atoms with van der Waals surface area (Å²) in [5, 5.41) is 15.7. The first-order valence-electron chi connectivity index (χ1n) is 9.55. The molecule has 1 aliphatic rings. The summed E-state index contributed by atoms with van der Waals surface area (Å²) < 4.78 is 5.38. The predicted octanol–water partition coefficient (Wildman–Crippen LogP) is 3.35. The fraction of sp³-hybridized carbons (Fsp3) is 0.476. The second-order valence-corrected chi connectivity index (χ2v) is 8.32. The first-order valence-corrected chi connectivity index (χ1v) is 9.92. The van der Waals surface area contributed by atoms with Crippen molar-refractivity contribution in [3.8, 4) is 6.07 Å². The van der Waals surface area contributed by atoms with E-state index >= 15 is 0 Å². The molecule has 0 aromatic heterocycles. The molecule has 1 aromatic rings. The molecule has 0 aliphatic carbocycles. The van der Waals surface area contributed by atoms with Crippen molar-refractivity contribution in [1.29, 1.82) is 5.26 Å². The predicted molar refractivity (Wildman–Crippen MR) is 111 cm³/mol. The number of hydrogen-bond donors (Lipinski definition) is 2. The molecular formula is C21H27ClN4O3. The van der Waals surface area contributed by atoms with Gasteiger partial charge in [0.1, 0.15) is 17.2 Å². The zero-order chi connectivity index (χ0) is 21.4. The minimum Gasteiger partial charge on any atom is -0.444 e. The number of hydrogen-bond acceptors (Lipinski definition) is 5. The van der Waals surface area contributed by atoms with E-state index in [9.17, 15) is 14.9 Å². The summed E-state index contributed by atoms with van der Waals surface area (Å²) in [4.78, 5) is 26.0. The summed E-state index contributed by atoms with van der Waals surface area (Å²) in [6.45, 7) is 6.95. The van der Waals surface area contributed by atoms with E-state index in [0.717, 1.165) is 5.56 Å². The highest BCUT2D eigenvalue weighted by Crippen LogP contribution is 2.15. The van der Waals surface area contributed by atoms with Crippen molar-refractivity contribution in [2.45, 2.75) is 51.8 Å². The minimum atomic E-state index is -0.518. The highest BCUT2D eigenvalue weighted by atomic mass is 35.5. The number of nitrogens with zero attached hydrogens (tertiary/aromatic N) is 2. The van der Waals surface area contributed by atoms with Gasteiger partial charge in [-0.3, -0.25) is 4.79 Å². The highest BCUT2D eigenvalue weighted by Gasteiger charge is 2.26. The van der Waals surface area contributed by atoms with Gasteiger partial charge in [-0.05, 0) is 51.3 Å². The van der Waals surface area contributed by atoms with Gasteiger partial charge in [-0.15, -0.1) is 0 Å². The van der Waals surface area contributed by atoms with Gasteiger partial charge >= 0.3 is 6.09 Å². The van der Waals surface area contributed by atoms with Crippen molar-refractivity contribution in [3.05, 3.63) is 46.6 Å². The molecule has 29 heavy (non-hydrogen) atoms. The number of halogens is 1. The minimum absolute atomic E-state index is 0.00790. The molecule has 2 N–H and O–H groups in total. The van der Waals surface area contributed by atoms with Gasteiger partial charge < -0.3 is 20.3 Å². The van der Waals surface area contributed by atoms with Crippen molar-refractivity contribution in [3.63, 3.8) is 0 Å². The summed E-state index contributed by atoms with van der Waals surface area (Å²) in [7, 11) is 0. The van der Waals surface area contributed by atoms with Gasteiger partial charge in [0, 0.05) is 36.9 Å². The van der Waals surface area contributed by atoms with E-state index in [-0.39, 0.29) is 17.7 Å². The second-order valence-electron chi connectivity index (χ2n) is 7.89. The quantitative estimate of drug-likeness (QED) is 0.564. The molecule has 1 saturated heterocycles. The zero-order valence-corrected chi connectivity index (χ0v) is 17.8. The van der Waals surface area contributed by atoms with Gasteiger partial charge in [0.15, 0.2) is 0 Å². The summed E-state index contributed by atoms with van der Waals surface area (Å²) in [5.74, 6) is -0.443. The molecule has 0 spiro atoms. The Morgan fingerprint density at radius 1 is 1.28 bits per heavy atom. The number of piperidine rings is 1. The largest absolute Gasteiger partial charge is 0.444 e. The van der Waals surface area contributed by atoms with E-state index in [1.165, 1.54) is 6.20 Å². The summed E-state index contributed by atoms with van der Waals surface area (Å²) in [6.07, 6.45) is 2.55. The third kappa shape index (κ3) is 7.66. The molecule has 0 atom stereocenters. The van der Waals surface area contributed by atoms with Crippen LogP contribution in [0.25, 0.3) is 0 Å². The standard InChI is InChI=1S/C21H27ClN4O3/c1-21(2,3)29-20(28)26-10-8-18(9-11-26)24-14-16(12-23)19(27)25-13-15-4-6-17(22)7-5-15/h4-7,14,18,24H,8-11,13H2,1-3H3,(H,25,27)/b16-14-. The van der Waals surface area contributed by atoms with Crippen LogP contribution in [0.2, 0.25) is 5.02 Å². The van der Waals surface area contributed by atoms with Gasteiger partial charge in [-0.25, -0.2) is 4.79 Å². The Bertz CT molecular complexity index is 786. The number of ether oxygens (including phenoxy) is 1. The number of carbonyl (C=O) groups is 2. The van der Waals surface area contributed by atoms with Crippen LogP contribution < -0.4 is 10.6 Å². The number of likely N-dealkylation sites (tertiary alicyclic amines) is 1. The first-order chi connectivity index (χ1) is 13.7. The van der Waals surface area contributed by atoms with E-state index in [0.29, 0.717) is 37.5 Å². The average Bonchev–Trinajstić information content (AvgIpc) is 2.67. The summed E-state index contributed by atoms with van der Waals surface area (Å²) in [5.41, 5.74) is 0.381. The number of benzene rings is 1. The Morgan fingerprint density at radius 2 is 1.90 bits per heavy atom. The maximum atomic E-state index is 12.2. The van der Waals surface area contributed by atoms with E-state index in [1.54, 1.807) is 17.0 Å². The normalized spacial score (nSPS) is 15.4. The lowest BCUT2D eigenvalue weighted by Crippen LogP contribution is -2.45. The molecule has 0 radical (unpaired) electrons. The molecule has 2 rings (SSSR count). The third-order valence-electron chi connectivity index (χ3n) is 4.34. The Labute approximate surface area is 176 Å². The van der Waals surface area contributed by atoms with Crippen molar-refractivity contribution in [1.82, 2.24) is 15.5 Å². The SMILES string of the molecule is CC(C)(C)OC(=O)N1CCC(N/C=C(/C#N)C(=O)NCc2ccc(Cl)cc2)CC1. The van der Waals surface area contributed by atoms with Crippen molar-refractivity contribution >= 4 is 23.6 Å². The van der Waals surface area contributed by atoms with Crippen LogP contribution in [0.5, 0.6) is 0 Å². The third-order valence-corrected chi connectivity index (χ3v) is 4.59. The van der Waals surface area contributed by atoms with Crippen molar-refractivity contribution < 1.29 is 14.3 Å². The van der Waals surface area contributed by atoms with E-state index in [1.807, 2.05) is 39.0 Å². The first kappa shape index (κ1) is 22.6. The van der Waals surface area contributed by atoms with Crippen molar-refractivity contribution in [2.75, 3.05) is 13.1 Å². The Kier molecular flexibility index (Phi) is 7.91. The Hall–Kier alpha value is -2.72. The number of nitrogens with one attached hydrogen (secondary N) is 2. The lowest BCUT2D eigenvalue weighted by Gasteiger charge is -2.33. The maximum absolute atomic E-state index is 12.2. The van der Waals surface area contributed by atoms with Gasteiger partial charge in [0.25, 0.3) is 5.91 Å². The maximum Gasteiger partial charge on any atom is 0.410 e. The van der Waals surface area contributed by atoms with Crippen LogP contribution >= 0.6 is 11.6 Å². The van der Waals surface area contributed by atoms with Gasteiger partial charge in [0.2, 0.25) is 0 Å². The molecule has 8 heteroatoms. The summed E-state index contributed by atoms with van der Waals surface area (Å²) >= 11 is 5.84. The molecule has 1 fully saturated rings.